The van der Waals surface area contributed by atoms with Gasteiger partial charge in [-0.15, -0.1) is 5.10 Å². The summed E-state index contributed by atoms with van der Waals surface area (Å²) in [6.07, 6.45) is 0. The molecule has 0 saturated carbocycles. The van der Waals surface area contributed by atoms with Crippen molar-refractivity contribution in [2.45, 2.75) is 5.16 Å². The number of hydrogen-bond acceptors (Lipinski definition) is 4. The maximum atomic E-state index is 13.5. The van der Waals surface area contributed by atoms with Gasteiger partial charge in [0.05, 0.1) is 5.56 Å². The normalized spacial score (nSPS) is 11.1. The molecule has 1 aromatic heterocycles. The van der Waals surface area contributed by atoms with Gasteiger partial charge in [-0.3, -0.25) is 5.10 Å². The number of thioether (sulfide) groups is 1. The molecule has 0 atom stereocenters. The smallest absolute Gasteiger partial charge is 0.208 e. The molecule has 0 saturated heterocycles. The standard InChI is InChI=1S/C12H15FN4S/c1-17(2)7-8-18-12-14-11(15-16-12)9-5-3-4-6-10(9)13/h3-6H,7-8H2,1-2H3,(H,14,15,16). The van der Waals surface area contributed by atoms with Crippen LogP contribution in [0.25, 0.3) is 11.4 Å². The second-order valence-electron chi connectivity index (χ2n) is 4.10. The van der Waals surface area contributed by atoms with Crippen molar-refractivity contribution >= 4 is 11.8 Å². The predicted octanol–water partition coefficient (Wildman–Crippen LogP) is 2.26. The minimum atomic E-state index is -0.293. The molecule has 0 spiro atoms. The van der Waals surface area contributed by atoms with E-state index in [4.69, 9.17) is 0 Å². The zero-order valence-electron chi connectivity index (χ0n) is 10.4. The molecule has 4 nitrogen and oxygen atoms in total. The lowest BCUT2D eigenvalue weighted by molar-refractivity contribution is 0.437. The van der Waals surface area contributed by atoms with Crippen LogP contribution in [0.5, 0.6) is 0 Å². The lowest BCUT2D eigenvalue weighted by atomic mass is 10.2. The third-order valence-electron chi connectivity index (χ3n) is 2.36. The van der Waals surface area contributed by atoms with E-state index >= 15 is 0 Å². The fraction of sp³-hybridized carbons (Fsp3) is 0.333. The number of benzene rings is 1. The lowest BCUT2D eigenvalue weighted by Crippen LogP contribution is -2.14. The maximum absolute atomic E-state index is 13.5. The molecular formula is C12H15FN4S. The number of aromatic nitrogens is 3. The molecule has 1 heterocycles. The van der Waals surface area contributed by atoms with Gasteiger partial charge in [-0.1, -0.05) is 23.9 Å². The molecule has 1 N–H and O–H groups in total. The summed E-state index contributed by atoms with van der Waals surface area (Å²) in [5.74, 6) is 1.08. The van der Waals surface area contributed by atoms with Crippen molar-refractivity contribution in [2.24, 2.45) is 0 Å². The van der Waals surface area contributed by atoms with E-state index < -0.39 is 0 Å². The summed E-state index contributed by atoms with van der Waals surface area (Å²) in [5, 5.41) is 7.49. The van der Waals surface area contributed by atoms with E-state index in [0.717, 1.165) is 12.3 Å². The quantitative estimate of drug-likeness (QED) is 0.843. The SMILES string of the molecule is CN(C)CCSc1n[nH]c(-c2ccccc2F)n1. The van der Waals surface area contributed by atoms with Gasteiger partial charge in [0.2, 0.25) is 5.16 Å². The van der Waals surface area contributed by atoms with Crippen molar-refractivity contribution in [1.82, 2.24) is 20.1 Å². The van der Waals surface area contributed by atoms with Crippen LogP contribution >= 0.6 is 11.8 Å². The summed E-state index contributed by atoms with van der Waals surface area (Å²) in [5.41, 5.74) is 0.449. The van der Waals surface area contributed by atoms with Crippen LogP contribution in [0, 0.1) is 5.82 Å². The molecular weight excluding hydrogens is 251 g/mol. The van der Waals surface area contributed by atoms with Crippen LogP contribution in [0.15, 0.2) is 29.4 Å². The molecule has 2 rings (SSSR count). The van der Waals surface area contributed by atoms with Crippen molar-refractivity contribution < 1.29 is 4.39 Å². The number of halogens is 1. The van der Waals surface area contributed by atoms with Crippen molar-refractivity contribution in [3.63, 3.8) is 0 Å². The average molecular weight is 266 g/mol. The molecule has 0 radical (unpaired) electrons. The molecule has 18 heavy (non-hydrogen) atoms. The maximum Gasteiger partial charge on any atom is 0.208 e. The fourth-order valence-corrected chi connectivity index (χ4v) is 2.31. The van der Waals surface area contributed by atoms with E-state index in [-0.39, 0.29) is 5.82 Å². The van der Waals surface area contributed by atoms with Gasteiger partial charge >= 0.3 is 0 Å². The monoisotopic (exact) mass is 266 g/mol. The van der Waals surface area contributed by atoms with Crippen LogP contribution < -0.4 is 0 Å². The van der Waals surface area contributed by atoms with Crippen molar-refractivity contribution in [2.75, 3.05) is 26.4 Å². The lowest BCUT2D eigenvalue weighted by Gasteiger charge is -2.06. The summed E-state index contributed by atoms with van der Waals surface area (Å²) in [7, 11) is 4.03. The minimum Gasteiger partial charge on any atom is -0.309 e. The first-order valence-electron chi connectivity index (χ1n) is 5.61. The third-order valence-corrected chi connectivity index (χ3v) is 3.19. The van der Waals surface area contributed by atoms with Crippen molar-refractivity contribution in [3.8, 4) is 11.4 Å². The summed E-state index contributed by atoms with van der Waals surface area (Å²) in [6.45, 7) is 0.953. The molecule has 0 aliphatic rings. The van der Waals surface area contributed by atoms with E-state index in [9.17, 15) is 4.39 Å². The number of H-pyrrole nitrogens is 1. The molecule has 0 aliphatic heterocycles. The van der Waals surface area contributed by atoms with E-state index in [2.05, 4.69) is 20.1 Å². The van der Waals surface area contributed by atoms with Gasteiger partial charge in [0.15, 0.2) is 5.82 Å². The first-order chi connectivity index (χ1) is 8.66. The van der Waals surface area contributed by atoms with Gasteiger partial charge in [0.25, 0.3) is 0 Å². The summed E-state index contributed by atoms with van der Waals surface area (Å²) in [4.78, 5) is 6.37. The average Bonchev–Trinajstić information content (AvgIpc) is 2.78. The fourth-order valence-electron chi connectivity index (χ4n) is 1.40. The van der Waals surface area contributed by atoms with Crippen LogP contribution in [-0.4, -0.2) is 46.5 Å². The van der Waals surface area contributed by atoms with Crippen LogP contribution in [0.4, 0.5) is 4.39 Å². The van der Waals surface area contributed by atoms with Crippen LogP contribution in [-0.2, 0) is 0 Å². The largest absolute Gasteiger partial charge is 0.309 e. The molecule has 96 valence electrons. The molecule has 1 aromatic carbocycles. The zero-order valence-corrected chi connectivity index (χ0v) is 11.2. The van der Waals surface area contributed by atoms with E-state index in [1.165, 1.54) is 6.07 Å². The predicted molar refractivity (Wildman–Crippen MR) is 71.1 cm³/mol. The Morgan fingerprint density at radius 1 is 1.33 bits per heavy atom. The second-order valence-corrected chi connectivity index (χ2v) is 5.16. The van der Waals surface area contributed by atoms with E-state index in [0.29, 0.717) is 16.5 Å². The van der Waals surface area contributed by atoms with E-state index in [1.807, 2.05) is 14.1 Å². The molecule has 0 fully saturated rings. The van der Waals surface area contributed by atoms with Crippen molar-refractivity contribution in [1.29, 1.82) is 0 Å². The van der Waals surface area contributed by atoms with Crippen LogP contribution in [0.2, 0.25) is 0 Å². The Bertz CT molecular complexity index is 512. The van der Waals surface area contributed by atoms with Gasteiger partial charge in [0.1, 0.15) is 5.82 Å². The van der Waals surface area contributed by atoms with Crippen LogP contribution in [0.1, 0.15) is 0 Å². The van der Waals surface area contributed by atoms with Gasteiger partial charge < -0.3 is 4.90 Å². The molecule has 0 aliphatic carbocycles. The van der Waals surface area contributed by atoms with Gasteiger partial charge in [-0.2, -0.15) is 0 Å². The molecule has 0 bridgehead atoms. The van der Waals surface area contributed by atoms with Crippen LogP contribution in [0.3, 0.4) is 0 Å². The summed E-state index contributed by atoms with van der Waals surface area (Å²) >= 11 is 1.55. The second kappa shape index (κ2) is 5.97. The Morgan fingerprint density at radius 2 is 2.11 bits per heavy atom. The van der Waals surface area contributed by atoms with Gasteiger partial charge in [-0.05, 0) is 26.2 Å². The Kier molecular flexibility index (Phi) is 4.33. The Hall–Kier alpha value is -1.40. The van der Waals surface area contributed by atoms with Crippen molar-refractivity contribution in [3.05, 3.63) is 30.1 Å². The Labute approximate surface area is 110 Å². The molecule has 6 heteroatoms. The summed E-state index contributed by atoms with van der Waals surface area (Å²) < 4.78 is 13.5. The Balaban J connectivity index is 2.04. The summed E-state index contributed by atoms with van der Waals surface area (Å²) in [6, 6.07) is 6.53. The minimum absolute atomic E-state index is 0.293. The molecule has 0 unspecified atom stereocenters. The third kappa shape index (κ3) is 3.30. The molecule has 2 aromatic rings. The number of aromatic amines is 1. The van der Waals surface area contributed by atoms with E-state index in [1.54, 1.807) is 30.0 Å². The topological polar surface area (TPSA) is 44.8 Å². The highest BCUT2D eigenvalue weighted by Gasteiger charge is 2.09. The number of rotatable bonds is 5. The molecule has 0 amide bonds. The number of hydrogen-bond donors (Lipinski definition) is 1. The highest BCUT2D eigenvalue weighted by Crippen LogP contribution is 2.21. The van der Waals surface area contributed by atoms with Gasteiger partial charge in [0, 0.05) is 12.3 Å². The van der Waals surface area contributed by atoms with Gasteiger partial charge in [-0.25, -0.2) is 9.37 Å². The highest BCUT2D eigenvalue weighted by atomic mass is 32.2. The first-order valence-corrected chi connectivity index (χ1v) is 6.60. The number of nitrogens with one attached hydrogen (secondary N) is 1. The zero-order chi connectivity index (χ0) is 13.0. The first kappa shape index (κ1) is 13.0. The number of nitrogens with zero attached hydrogens (tertiary/aromatic N) is 3. The highest BCUT2D eigenvalue weighted by molar-refractivity contribution is 7.99. The Morgan fingerprint density at radius 3 is 2.83 bits per heavy atom.